The molecule has 0 aromatic carbocycles. The van der Waals surface area contributed by atoms with Crippen molar-refractivity contribution in [1.29, 1.82) is 0 Å². The van der Waals surface area contributed by atoms with Gasteiger partial charge in [0.25, 0.3) is 0 Å². The highest BCUT2D eigenvalue weighted by atomic mass is 16.5. The van der Waals surface area contributed by atoms with Crippen molar-refractivity contribution in [3.8, 4) is 6.01 Å². The molecule has 0 spiro atoms. The van der Waals surface area contributed by atoms with Crippen LogP contribution in [0.3, 0.4) is 0 Å². The van der Waals surface area contributed by atoms with E-state index in [1.807, 2.05) is 0 Å². The van der Waals surface area contributed by atoms with Crippen LogP contribution in [0.2, 0.25) is 0 Å². The summed E-state index contributed by atoms with van der Waals surface area (Å²) < 4.78 is 6.61. The van der Waals surface area contributed by atoms with Gasteiger partial charge in [-0.25, -0.2) is 4.79 Å². The number of nitrogens with zero attached hydrogens (tertiary/aromatic N) is 3. The Hall–Kier alpha value is -1.59. The quantitative estimate of drug-likeness (QED) is 0.810. The van der Waals surface area contributed by atoms with Crippen LogP contribution in [0.5, 0.6) is 6.01 Å². The molecule has 6 nitrogen and oxygen atoms in total. The Morgan fingerprint density at radius 3 is 2.67 bits per heavy atom. The second-order valence-corrected chi connectivity index (χ2v) is 3.62. The number of carboxylic acids is 1. The van der Waals surface area contributed by atoms with E-state index in [0.717, 1.165) is 25.7 Å². The summed E-state index contributed by atoms with van der Waals surface area (Å²) in [5.74, 6) is -1.09. The summed E-state index contributed by atoms with van der Waals surface area (Å²) in [5, 5.41) is 16.3. The maximum absolute atomic E-state index is 10.9. The molecule has 1 fully saturated rings. The fraction of sp³-hybridized carbons (Fsp3) is 0.667. The first-order chi connectivity index (χ1) is 7.24. The molecule has 0 amide bonds. The number of hydrogen-bond acceptors (Lipinski definition) is 4. The van der Waals surface area contributed by atoms with Crippen LogP contribution in [0.1, 0.15) is 42.3 Å². The molecule has 2 rings (SSSR count). The van der Waals surface area contributed by atoms with E-state index in [1.165, 1.54) is 7.11 Å². The van der Waals surface area contributed by atoms with E-state index in [2.05, 4.69) is 10.2 Å². The Morgan fingerprint density at radius 1 is 1.47 bits per heavy atom. The third kappa shape index (κ3) is 1.67. The fourth-order valence-electron chi connectivity index (χ4n) is 2.05. The molecule has 0 aliphatic heterocycles. The fourth-order valence-corrected chi connectivity index (χ4v) is 2.05. The van der Waals surface area contributed by atoms with Crippen LogP contribution >= 0.6 is 0 Å². The third-order valence-corrected chi connectivity index (χ3v) is 2.73. The summed E-state index contributed by atoms with van der Waals surface area (Å²) in [5.41, 5.74) is 0. The van der Waals surface area contributed by atoms with E-state index in [-0.39, 0.29) is 11.9 Å². The Balaban J connectivity index is 2.39. The van der Waals surface area contributed by atoms with Crippen molar-refractivity contribution >= 4 is 5.97 Å². The molecule has 1 aromatic rings. The largest absolute Gasteiger partial charge is 0.475 e. The molecule has 0 unspecified atom stereocenters. The standard InChI is InChI=1S/C9H13N3O3/c1-15-9-11-10-7(8(13)14)12(9)6-4-2-3-5-6/h6H,2-5H2,1H3,(H,13,14). The predicted octanol–water partition coefficient (Wildman–Crippen LogP) is 1.10. The van der Waals surface area contributed by atoms with Crippen molar-refractivity contribution in [2.45, 2.75) is 31.7 Å². The van der Waals surface area contributed by atoms with Crippen molar-refractivity contribution in [3.63, 3.8) is 0 Å². The molecule has 0 saturated heterocycles. The Morgan fingerprint density at radius 2 is 2.13 bits per heavy atom. The second-order valence-electron chi connectivity index (χ2n) is 3.62. The normalized spacial score (nSPS) is 16.9. The number of aromatic carboxylic acids is 1. The van der Waals surface area contributed by atoms with Crippen molar-refractivity contribution in [2.75, 3.05) is 7.11 Å². The van der Waals surface area contributed by atoms with Gasteiger partial charge in [-0.1, -0.05) is 17.9 Å². The van der Waals surface area contributed by atoms with E-state index in [9.17, 15) is 4.79 Å². The lowest BCUT2D eigenvalue weighted by atomic mass is 10.2. The lowest BCUT2D eigenvalue weighted by Gasteiger charge is -2.13. The maximum Gasteiger partial charge on any atom is 0.374 e. The highest BCUT2D eigenvalue weighted by Crippen LogP contribution is 2.33. The van der Waals surface area contributed by atoms with Gasteiger partial charge in [0.15, 0.2) is 0 Å². The summed E-state index contributed by atoms with van der Waals surface area (Å²) >= 11 is 0. The van der Waals surface area contributed by atoms with E-state index in [4.69, 9.17) is 9.84 Å². The molecule has 1 N–H and O–H groups in total. The highest BCUT2D eigenvalue weighted by Gasteiger charge is 2.27. The van der Waals surface area contributed by atoms with Gasteiger partial charge in [-0.3, -0.25) is 4.57 Å². The monoisotopic (exact) mass is 211 g/mol. The maximum atomic E-state index is 10.9. The van der Waals surface area contributed by atoms with Crippen molar-refractivity contribution in [2.24, 2.45) is 0 Å². The van der Waals surface area contributed by atoms with Crippen LogP contribution in [0.4, 0.5) is 0 Å². The van der Waals surface area contributed by atoms with Gasteiger partial charge in [0.2, 0.25) is 5.82 Å². The molecule has 1 aliphatic rings. The van der Waals surface area contributed by atoms with Crippen molar-refractivity contribution < 1.29 is 14.6 Å². The Bertz CT molecular complexity index is 369. The first-order valence-electron chi connectivity index (χ1n) is 4.96. The lowest BCUT2D eigenvalue weighted by molar-refractivity contribution is 0.0673. The van der Waals surface area contributed by atoms with Gasteiger partial charge in [0.05, 0.1) is 7.11 Å². The number of rotatable bonds is 3. The number of hydrogen-bond donors (Lipinski definition) is 1. The van der Waals surface area contributed by atoms with E-state index >= 15 is 0 Å². The molecule has 0 radical (unpaired) electrons. The van der Waals surface area contributed by atoms with Gasteiger partial charge >= 0.3 is 12.0 Å². The van der Waals surface area contributed by atoms with E-state index in [1.54, 1.807) is 4.57 Å². The third-order valence-electron chi connectivity index (χ3n) is 2.73. The zero-order valence-corrected chi connectivity index (χ0v) is 8.51. The number of ether oxygens (including phenoxy) is 1. The number of carboxylic acid groups (broad SMARTS) is 1. The smallest absolute Gasteiger partial charge is 0.374 e. The summed E-state index contributed by atoms with van der Waals surface area (Å²) in [7, 11) is 1.47. The molecular formula is C9H13N3O3. The van der Waals surface area contributed by atoms with Crippen molar-refractivity contribution in [3.05, 3.63) is 5.82 Å². The molecule has 1 saturated carbocycles. The van der Waals surface area contributed by atoms with Gasteiger partial charge in [-0.05, 0) is 12.8 Å². The van der Waals surface area contributed by atoms with Crippen LogP contribution in [0, 0.1) is 0 Å². The van der Waals surface area contributed by atoms with Gasteiger partial charge in [-0.2, -0.15) is 0 Å². The van der Waals surface area contributed by atoms with Crippen LogP contribution in [0.15, 0.2) is 0 Å². The lowest BCUT2D eigenvalue weighted by Crippen LogP contribution is -2.14. The number of aromatic nitrogens is 3. The van der Waals surface area contributed by atoms with Gasteiger partial charge < -0.3 is 9.84 Å². The van der Waals surface area contributed by atoms with Crippen molar-refractivity contribution in [1.82, 2.24) is 14.8 Å². The predicted molar refractivity (Wildman–Crippen MR) is 51.0 cm³/mol. The first kappa shape index (κ1) is 9.95. The highest BCUT2D eigenvalue weighted by molar-refractivity contribution is 5.83. The van der Waals surface area contributed by atoms with E-state index < -0.39 is 5.97 Å². The van der Waals surface area contributed by atoms with Crippen LogP contribution < -0.4 is 4.74 Å². The van der Waals surface area contributed by atoms with Gasteiger partial charge in [-0.15, -0.1) is 5.10 Å². The molecule has 6 heteroatoms. The van der Waals surface area contributed by atoms with Gasteiger partial charge in [0.1, 0.15) is 0 Å². The minimum Gasteiger partial charge on any atom is -0.475 e. The molecule has 15 heavy (non-hydrogen) atoms. The topological polar surface area (TPSA) is 77.2 Å². The molecular weight excluding hydrogens is 198 g/mol. The second kappa shape index (κ2) is 3.88. The molecule has 1 aromatic heterocycles. The summed E-state index contributed by atoms with van der Waals surface area (Å²) in [6.07, 6.45) is 4.17. The van der Waals surface area contributed by atoms with E-state index in [0.29, 0.717) is 6.01 Å². The first-order valence-corrected chi connectivity index (χ1v) is 4.96. The number of carbonyl (C=O) groups is 1. The summed E-state index contributed by atoms with van der Waals surface area (Å²) in [6, 6.07) is 0.459. The molecule has 0 bridgehead atoms. The average Bonchev–Trinajstić information content (AvgIpc) is 2.85. The Labute approximate surface area is 86.9 Å². The molecule has 1 heterocycles. The Kier molecular flexibility index (Phi) is 2.57. The SMILES string of the molecule is COc1nnc(C(=O)O)n1C1CCCC1. The summed E-state index contributed by atoms with van der Waals surface area (Å²) in [4.78, 5) is 10.9. The molecule has 0 atom stereocenters. The number of methoxy groups -OCH3 is 1. The average molecular weight is 211 g/mol. The van der Waals surface area contributed by atoms with Crippen LogP contribution in [0.25, 0.3) is 0 Å². The molecule has 82 valence electrons. The minimum absolute atomic E-state index is 0.0289. The molecule has 1 aliphatic carbocycles. The van der Waals surface area contributed by atoms with Gasteiger partial charge in [0, 0.05) is 6.04 Å². The minimum atomic E-state index is -1.06. The summed E-state index contributed by atoms with van der Waals surface area (Å²) in [6.45, 7) is 0. The zero-order valence-electron chi connectivity index (χ0n) is 8.51. The van der Waals surface area contributed by atoms with Crippen LogP contribution in [-0.4, -0.2) is 33.0 Å². The zero-order chi connectivity index (χ0) is 10.8. The van der Waals surface area contributed by atoms with Crippen LogP contribution in [-0.2, 0) is 0 Å².